The molecule has 0 spiro atoms. The molecular weight excluding hydrogens is 671 g/mol. The van der Waals surface area contributed by atoms with Gasteiger partial charge in [-0.1, -0.05) is 132 Å². The standard InChI is InChI=1S/C48H63O4P/c1-44(2,3)36-20-28-16-29-21-37(45(4,5)6)23-31(41(29)50)18-33-25-39(47(10,11)12)27-35-19-34-26-38(46(7,8)9)24-32(17-30(22-36)40(28)49)42(34)51-53(48(13,14)15)52-43(33)35/h20-27,49-50H,16-19H2,1-15H3. The zero-order chi connectivity index (χ0) is 39.2. The lowest BCUT2D eigenvalue weighted by Gasteiger charge is -2.35. The van der Waals surface area contributed by atoms with Crippen LogP contribution in [0.1, 0.15) is 171 Å². The van der Waals surface area contributed by atoms with Crippen molar-refractivity contribution in [3.8, 4) is 23.0 Å². The zero-order valence-electron chi connectivity index (χ0n) is 35.1. The maximum absolute atomic E-state index is 12.2. The van der Waals surface area contributed by atoms with Crippen molar-refractivity contribution >= 4 is 8.38 Å². The predicted molar refractivity (Wildman–Crippen MR) is 223 cm³/mol. The molecule has 10 bridgehead atoms. The van der Waals surface area contributed by atoms with Crippen molar-refractivity contribution in [2.75, 3.05) is 0 Å². The average Bonchev–Trinajstić information content (AvgIpc) is 2.98. The average molecular weight is 735 g/mol. The zero-order valence-corrected chi connectivity index (χ0v) is 36.0. The van der Waals surface area contributed by atoms with Crippen molar-refractivity contribution in [3.05, 3.63) is 115 Å². The van der Waals surface area contributed by atoms with Gasteiger partial charge in [-0.2, -0.15) is 0 Å². The molecule has 4 aromatic rings. The normalized spacial score (nSPS) is 15.5. The van der Waals surface area contributed by atoms with Crippen LogP contribution in [-0.4, -0.2) is 15.4 Å². The van der Waals surface area contributed by atoms with E-state index < -0.39 is 8.38 Å². The van der Waals surface area contributed by atoms with Crippen LogP contribution in [0.2, 0.25) is 0 Å². The van der Waals surface area contributed by atoms with Gasteiger partial charge in [0, 0.05) is 25.7 Å². The monoisotopic (exact) mass is 734 g/mol. The number of aromatic hydroxyl groups is 2. The van der Waals surface area contributed by atoms with E-state index in [-0.39, 0.29) is 38.3 Å². The summed E-state index contributed by atoms with van der Waals surface area (Å²) in [5.74, 6) is 2.31. The predicted octanol–water partition coefficient (Wildman–Crippen LogP) is 12.8. The molecule has 7 rings (SSSR count). The Morgan fingerprint density at radius 1 is 0.377 bits per heavy atom. The van der Waals surface area contributed by atoms with Gasteiger partial charge in [0.2, 0.25) is 0 Å². The Morgan fingerprint density at radius 3 is 0.811 bits per heavy atom. The summed E-state index contributed by atoms with van der Waals surface area (Å²) < 4.78 is 14.4. The Kier molecular flexibility index (Phi) is 9.67. The lowest BCUT2D eigenvalue weighted by Crippen LogP contribution is -2.23. The van der Waals surface area contributed by atoms with E-state index in [2.05, 4.69) is 152 Å². The van der Waals surface area contributed by atoms with Crippen LogP contribution in [0.25, 0.3) is 0 Å². The molecule has 0 aromatic heterocycles. The van der Waals surface area contributed by atoms with Crippen molar-refractivity contribution in [2.24, 2.45) is 0 Å². The Balaban J connectivity index is 1.78. The fraction of sp³-hybridized carbons (Fsp3) is 0.500. The molecule has 0 atom stereocenters. The summed E-state index contributed by atoms with van der Waals surface area (Å²) in [4.78, 5) is 0. The van der Waals surface area contributed by atoms with Gasteiger partial charge in [0.25, 0.3) is 8.38 Å². The Bertz CT molecular complexity index is 1930. The highest BCUT2D eigenvalue weighted by Crippen LogP contribution is 2.57. The molecular formula is C48H63O4P. The molecule has 4 aromatic carbocycles. The highest BCUT2D eigenvalue weighted by Gasteiger charge is 2.37. The maximum Gasteiger partial charge on any atom is 0.296 e. The molecule has 4 nitrogen and oxygen atoms in total. The third-order valence-electron chi connectivity index (χ3n) is 10.9. The molecule has 0 amide bonds. The molecule has 284 valence electrons. The molecule has 0 radical (unpaired) electrons. The molecule has 5 heteroatoms. The minimum atomic E-state index is -1.47. The molecule has 53 heavy (non-hydrogen) atoms. The topological polar surface area (TPSA) is 58.9 Å². The molecule has 0 saturated heterocycles. The van der Waals surface area contributed by atoms with Crippen LogP contribution in [0, 0.1) is 0 Å². The van der Waals surface area contributed by atoms with Crippen LogP contribution < -0.4 is 9.05 Å². The molecule has 2 N–H and O–H groups in total. The second kappa shape index (κ2) is 13.1. The molecule has 0 fully saturated rings. The van der Waals surface area contributed by atoms with E-state index in [4.69, 9.17) is 9.05 Å². The Labute approximate surface area is 321 Å². The molecule has 0 saturated carbocycles. The minimum Gasteiger partial charge on any atom is -0.507 e. The first kappa shape index (κ1) is 39.2. The van der Waals surface area contributed by atoms with Gasteiger partial charge >= 0.3 is 0 Å². The van der Waals surface area contributed by atoms with Gasteiger partial charge in [0.15, 0.2) is 0 Å². The van der Waals surface area contributed by atoms with Gasteiger partial charge in [0.1, 0.15) is 23.0 Å². The van der Waals surface area contributed by atoms with Gasteiger partial charge < -0.3 is 19.3 Å². The van der Waals surface area contributed by atoms with Crippen molar-refractivity contribution in [2.45, 2.75) is 156 Å². The highest BCUT2D eigenvalue weighted by atomic mass is 31.2. The largest absolute Gasteiger partial charge is 0.507 e. The summed E-state index contributed by atoms with van der Waals surface area (Å²) in [5, 5.41) is 24.2. The SMILES string of the molecule is CC(C)(C)c1cc2c(O)c(c1)Cc1cc(C(C)(C)C)cc3c1OP(C(C)(C)C)Oc1c(cc(C(C)(C)C)cc1C3)Cc1cc(C(C)(C)C)cc(c1O)C2. The van der Waals surface area contributed by atoms with Crippen LogP contribution in [0.15, 0.2) is 48.5 Å². The van der Waals surface area contributed by atoms with Gasteiger partial charge in [0.05, 0.1) is 5.16 Å². The third kappa shape index (κ3) is 8.00. The molecule has 0 unspecified atom stereocenters. The van der Waals surface area contributed by atoms with Crippen LogP contribution >= 0.6 is 8.38 Å². The molecule has 2 heterocycles. The maximum atomic E-state index is 12.2. The summed E-state index contributed by atoms with van der Waals surface area (Å²) in [5.41, 5.74) is 12.0. The van der Waals surface area contributed by atoms with E-state index in [1.165, 1.54) is 11.1 Å². The third-order valence-corrected chi connectivity index (χ3v) is 12.7. The summed E-state index contributed by atoms with van der Waals surface area (Å²) in [6, 6.07) is 17.9. The number of hydrogen-bond acceptors (Lipinski definition) is 4. The highest BCUT2D eigenvalue weighted by molar-refractivity contribution is 7.49. The Morgan fingerprint density at radius 2 is 0.585 bits per heavy atom. The molecule has 3 aliphatic rings. The second-order valence-electron chi connectivity index (χ2n) is 20.9. The van der Waals surface area contributed by atoms with Crippen molar-refractivity contribution in [1.29, 1.82) is 0 Å². The van der Waals surface area contributed by atoms with E-state index in [1.807, 2.05) is 0 Å². The molecule has 1 aliphatic carbocycles. The van der Waals surface area contributed by atoms with E-state index in [1.54, 1.807) is 0 Å². The first-order valence-electron chi connectivity index (χ1n) is 19.4. The van der Waals surface area contributed by atoms with Gasteiger partial charge in [-0.25, -0.2) is 0 Å². The number of hydrogen-bond donors (Lipinski definition) is 2. The minimum absolute atomic E-state index is 0.106. The van der Waals surface area contributed by atoms with E-state index in [0.29, 0.717) is 25.7 Å². The van der Waals surface area contributed by atoms with Gasteiger partial charge in [-0.05, 0) is 109 Å². The summed E-state index contributed by atoms with van der Waals surface area (Å²) in [7, 11) is -1.47. The Hall–Kier alpha value is -3.49. The summed E-state index contributed by atoms with van der Waals surface area (Å²) in [6.45, 7) is 33.5. The summed E-state index contributed by atoms with van der Waals surface area (Å²) >= 11 is 0. The van der Waals surface area contributed by atoms with Crippen molar-refractivity contribution in [3.63, 3.8) is 0 Å². The van der Waals surface area contributed by atoms with Crippen LogP contribution in [0.4, 0.5) is 0 Å². The fourth-order valence-corrected chi connectivity index (χ4v) is 8.72. The van der Waals surface area contributed by atoms with Crippen LogP contribution in [0.3, 0.4) is 0 Å². The number of fused-ring (bicyclic) bond motifs is 2. The first-order chi connectivity index (χ1) is 24.2. The summed E-state index contributed by atoms with van der Waals surface area (Å²) in [6.07, 6.45) is 2.06. The lowest BCUT2D eigenvalue weighted by atomic mass is 9.79. The van der Waals surface area contributed by atoms with Crippen molar-refractivity contribution in [1.82, 2.24) is 0 Å². The molecule has 2 aliphatic heterocycles. The number of phenolic OH excluding ortho intramolecular Hbond substituents is 2. The van der Waals surface area contributed by atoms with E-state index in [0.717, 1.165) is 67.1 Å². The van der Waals surface area contributed by atoms with E-state index in [9.17, 15) is 10.2 Å². The number of benzene rings is 4. The number of phenols is 2. The fourth-order valence-electron chi connectivity index (χ4n) is 7.34. The second-order valence-corrected chi connectivity index (χ2v) is 23.1. The number of rotatable bonds is 0. The van der Waals surface area contributed by atoms with Gasteiger partial charge in [-0.15, -0.1) is 0 Å². The van der Waals surface area contributed by atoms with E-state index >= 15 is 0 Å². The van der Waals surface area contributed by atoms with Crippen LogP contribution in [0.5, 0.6) is 23.0 Å². The van der Waals surface area contributed by atoms with Crippen molar-refractivity contribution < 1.29 is 19.3 Å². The van der Waals surface area contributed by atoms with Gasteiger partial charge in [-0.3, -0.25) is 0 Å². The van der Waals surface area contributed by atoms with Crippen LogP contribution in [-0.2, 0) is 47.3 Å². The first-order valence-corrected chi connectivity index (χ1v) is 20.6. The lowest BCUT2D eigenvalue weighted by molar-refractivity contribution is 0.437. The quantitative estimate of drug-likeness (QED) is 0.156. The smallest absolute Gasteiger partial charge is 0.296 e.